The van der Waals surface area contributed by atoms with Gasteiger partial charge in [-0.1, -0.05) is 12.1 Å². The zero-order valence-electron chi connectivity index (χ0n) is 10.5. The van der Waals surface area contributed by atoms with Crippen molar-refractivity contribution in [2.45, 2.75) is 26.3 Å². The van der Waals surface area contributed by atoms with E-state index in [1.54, 1.807) is 6.07 Å². The van der Waals surface area contributed by atoms with Crippen LogP contribution in [-0.4, -0.2) is 16.0 Å². The minimum absolute atomic E-state index is 0.00663. The second kappa shape index (κ2) is 5.23. The molecule has 0 aliphatic rings. The van der Waals surface area contributed by atoms with Crippen molar-refractivity contribution < 1.29 is 4.39 Å². The average Bonchev–Trinajstić information content (AvgIpc) is 2.27. The van der Waals surface area contributed by atoms with E-state index in [2.05, 4.69) is 9.97 Å². The van der Waals surface area contributed by atoms with E-state index in [4.69, 9.17) is 5.73 Å². The van der Waals surface area contributed by atoms with Gasteiger partial charge >= 0.3 is 0 Å². The fraction of sp³-hybridized carbons (Fsp3) is 0.286. The minimum atomic E-state index is -0.266. The number of nitrogens with two attached hydrogens (primary N) is 1. The molecule has 0 saturated heterocycles. The zero-order valence-corrected chi connectivity index (χ0v) is 10.5. The van der Waals surface area contributed by atoms with Gasteiger partial charge in [0.05, 0.1) is 5.69 Å². The Balaban J connectivity index is 2.41. The number of halogens is 1. The number of rotatable bonds is 3. The number of benzene rings is 1. The summed E-state index contributed by atoms with van der Waals surface area (Å²) in [5, 5.41) is 0. The molecule has 0 saturated carbocycles. The van der Waals surface area contributed by atoms with Crippen LogP contribution in [0, 0.1) is 12.7 Å². The van der Waals surface area contributed by atoms with E-state index in [1.807, 2.05) is 26.0 Å². The van der Waals surface area contributed by atoms with Gasteiger partial charge in [0.15, 0.2) is 0 Å². The quantitative estimate of drug-likeness (QED) is 0.903. The van der Waals surface area contributed by atoms with Crippen molar-refractivity contribution >= 4 is 0 Å². The highest BCUT2D eigenvalue weighted by Gasteiger charge is 2.07. The average molecular weight is 245 g/mol. The highest BCUT2D eigenvalue weighted by molar-refractivity contribution is 5.59. The molecular formula is C14H16FN3. The molecule has 0 amide bonds. The minimum Gasteiger partial charge on any atom is -0.328 e. The smallest absolute Gasteiger partial charge is 0.130 e. The predicted octanol–water partition coefficient (Wildman–Crippen LogP) is 2.48. The standard InChI is InChI=1S/C14H16FN3/c1-9(16)6-14-17-10(2)7-13(18-14)11-4-3-5-12(15)8-11/h3-5,7-9H,6,16H2,1-2H3. The Labute approximate surface area is 106 Å². The Morgan fingerprint density at radius 3 is 2.72 bits per heavy atom. The van der Waals surface area contributed by atoms with E-state index in [0.717, 1.165) is 17.0 Å². The number of hydrogen-bond acceptors (Lipinski definition) is 3. The molecule has 1 heterocycles. The van der Waals surface area contributed by atoms with Crippen LogP contribution in [0.3, 0.4) is 0 Å². The van der Waals surface area contributed by atoms with Gasteiger partial charge in [0, 0.05) is 23.7 Å². The van der Waals surface area contributed by atoms with Gasteiger partial charge in [-0.2, -0.15) is 0 Å². The first-order valence-electron chi connectivity index (χ1n) is 5.90. The van der Waals surface area contributed by atoms with Crippen LogP contribution >= 0.6 is 0 Å². The van der Waals surface area contributed by atoms with Gasteiger partial charge in [-0.3, -0.25) is 0 Å². The molecule has 2 aromatic rings. The first-order valence-corrected chi connectivity index (χ1v) is 5.90. The highest BCUT2D eigenvalue weighted by atomic mass is 19.1. The van der Waals surface area contributed by atoms with Gasteiger partial charge < -0.3 is 5.73 Å². The second-order valence-corrected chi connectivity index (χ2v) is 4.50. The van der Waals surface area contributed by atoms with Crippen LogP contribution in [0.5, 0.6) is 0 Å². The largest absolute Gasteiger partial charge is 0.328 e. The molecule has 1 aromatic heterocycles. The molecule has 0 radical (unpaired) electrons. The Morgan fingerprint density at radius 2 is 2.06 bits per heavy atom. The van der Waals surface area contributed by atoms with E-state index in [1.165, 1.54) is 12.1 Å². The third kappa shape index (κ3) is 3.11. The number of nitrogens with zero attached hydrogens (tertiary/aromatic N) is 2. The molecule has 0 fully saturated rings. The Bertz CT molecular complexity index is 552. The van der Waals surface area contributed by atoms with Crippen molar-refractivity contribution in [2.24, 2.45) is 5.73 Å². The van der Waals surface area contributed by atoms with Crippen LogP contribution in [0.2, 0.25) is 0 Å². The van der Waals surface area contributed by atoms with E-state index >= 15 is 0 Å². The van der Waals surface area contributed by atoms with Crippen LogP contribution in [0.15, 0.2) is 30.3 Å². The van der Waals surface area contributed by atoms with Crippen molar-refractivity contribution in [2.75, 3.05) is 0 Å². The van der Waals surface area contributed by atoms with E-state index in [-0.39, 0.29) is 11.9 Å². The van der Waals surface area contributed by atoms with Crippen molar-refractivity contribution in [1.82, 2.24) is 9.97 Å². The summed E-state index contributed by atoms with van der Waals surface area (Å²) >= 11 is 0. The zero-order chi connectivity index (χ0) is 13.1. The van der Waals surface area contributed by atoms with Crippen LogP contribution in [0.4, 0.5) is 4.39 Å². The Hall–Kier alpha value is -1.81. The summed E-state index contributed by atoms with van der Waals surface area (Å²) in [4.78, 5) is 8.76. The molecule has 1 aromatic carbocycles. The second-order valence-electron chi connectivity index (χ2n) is 4.50. The molecule has 94 valence electrons. The molecule has 0 aliphatic carbocycles. The maximum Gasteiger partial charge on any atom is 0.130 e. The van der Waals surface area contributed by atoms with E-state index in [9.17, 15) is 4.39 Å². The van der Waals surface area contributed by atoms with Crippen molar-refractivity contribution in [3.05, 3.63) is 47.7 Å². The van der Waals surface area contributed by atoms with Crippen LogP contribution in [-0.2, 0) is 6.42 Å². The molecule has 2 N–H and O–H groups in total. The van der Waals surface area contributed by atoms with Crippen molar-refractivity contribution in [3.8, 4) is 11.3 Å². The molecule has 1 atom stereocenters. The first kappa shape index (κ1) is 12.6. The van der Waals surface area contributed by atoms with Crippen LogP contribution < -0.4 is 5.73 Å². The van der Waals surface area contributed by atoms with Gasteiger partial charge in [0.2, 0.25) is 0 Å². The molecule has 2 rings (SSSR count). The third-order valence-corrected chi connectivity index (χ3v) is 2.53. The number of aromatic nitrogens is 2. The lowest BCUT2D eigenvalue weighted by Gasteiger charge is -2.08. The lowest BCUT2D eigenvalue weighted by Crippen LogP contribution is -2.19. The SMILES string of the molecule is Cc1cc(-c2cccc(F)c2)nc(CC(C)N)n1. The van der Waals surface area contributed by atoms with Gasteiger partial charge in [0.1, 0.15) is 11.6 Å². The maximum absolute atomic E-state index is 13.2. The summed E-state index contributed by atoms with van der Waals surface area (Å²) in [6.45, 7) is 3.81. The van der Waals surface area contributed by atoms with E-state index < -0.39 is 0 Å². The van der Waals surface area contributed by atoms with Gasteiger partial charge in [-0.05, 0) is 32.0 Å². The molecule has 0 aliphatic heterocycles. The lowest BCUT2D eigenvalue weighted by atomic mass is 10.1. The highest BCUT2D eigenvalue weighted by Crippen LogP contribution is 2.19. The van der Waals surface area contributed by atoms with Crippen molar-refractivity contribution in [1.29, 1.82) is 0 Å². The fourth-order valence-corrected chi connectivity index (χ4v) is 1.80. The van der Waals surface area contributed by atoms with Crippen LogP contribution in [0.1, 0.15) is 18.4 Å². The number of hydrogen-bond donors (Lipinski definition) is 1. The molecule has 4 heteroatoms. The maximum atomic E-state index is 13.2. The molecule has 18 heavy (non-hydrogen) atoms. The van der Waals surface area contributed by atoms with E-state index in [0.29, 0.717) is 12.2 Å². The Kier molecular flexibility index (Phi) is 3.67. The molecule has 0 bridgehead atoms. The monoisotopic (exact) mass is 245 g/mol. The Morgan fingerprint density at radius 1 is 1.28 bits per heavy atom. The fourth-order valence-electron chi connectivity index (χ4n) is 1.80. The first-order chi connectivity index (χ1) is 8.54. The summed E-state index contributed by atoms with van der Waals surface area (Å²) in [5.74, 6) is 0.432. The predicted molar refractivity (Wildman–Crippen MR) is 69.5 cm³/mol. The van der Waals surface area contributed by atoms with Crippen LogP contribution in [0.25, 0.3) is 11.3 Å². The molecule has 1 unspecified atom stereocenters. The van der Waals surface area contributed by atoms with Gasteiger partial charge in [-0.25, -0.2) is 14.4 Å². The normalized spacial score (nSPS) is 12.4. The van der Waals surface area contributed by atoms with Gasteiger partial charge in [0.25, 0.3) is 0 Å². The number of aryl methyl sites for hydroxylation is 1. The summed E-state index contributed by atoms with van der Waals surface area (Å²) in [5.41, 5.74) is 8.10. The summed E-state index contributed by atoms with van der Waals surface area (Å²) in [7, 11) is 0. The van der Waals surface area contributed by atoms with Gasteiger partial charge in [-0.15, -0.1) is 0 Å². The molecular weight excluding hydrogens is 229 g/mol. The lowest BCUT2D eigenvalue weighted by molar-refractivity contribution is 0.628. The molecule has 3 nitrogen and oxygen atoms in total. The summed E-state index contributed by atoms with van der Waals surface area (Å²) in [6.07, 6.45) is 0.615. The van der Waals surface area contributed by atoms with Crippen molar-refractivity contribution in [3.63, 3.8) is 0 Å². The molecule has 0 spiro atoms. The third-order valence-electron chi connectivity index (χ3n) is 2.53. The summed E-state index contributed by atoms with van der Waals surface area (Å²) in [6, 6.07) is 8.25. The summed E-state index contributed by atoms with van der Waals surface area (Å²) < 4.78 is 13.2. The topological polar surface area (TPSA) is 51.8 Å².